The van der Waals surface area contributed by atoms with Crippen LogP contribution < -0.4 is 5.32 Å². The van der Waals surface area contributed by atoms with Crippen LogP contribution >= 0.6 is 0 Å². The van der Waals surface area contributed by atoms with Crippen molar-refractivity contribution in [1.29, 1.82) is 0 Å². The van der Waals surface area contributed by atoms with Gasteiger partial charge in [0, 0.05) is 50.8 Å². The zero-order chi connectivity index (χ0) is 14.8. The van der Waals surface area contributed by atoms with E-state index < -0.39 is 0 Å². The van der Waals surface area contributed by atoms with Crippen LogP contribution in [0.15, 0.2) is 11.8 Å². The van der Waals surface area contributed by atoms with Gasteiger partial charge in [0.05, 0.1) is 0 Å². The van der Waals surface area contributed by atoms with Gasteiger partial charge >= 0.3 is 0 Å². The Balaban J connectivity index is 0.000000573. The summed E-state index contributed by atoms with van der Waals surface area (Å²) in [6.07, 6.45) is 5.50. The van der Waals surface area contributed by atoms with Crippen LogP contribution in [0.3, 0.4) is 0 Å². The summed E-state index contributed by atoms with van der Waals surface area (Å²) in [6.45, 7) is 10.1. The minimum atomic E-state index is 0.236. The summed E-state index contributed by atoms with van der Waals surface area (Å²) in [6, 6.07) is 0. The van der Waals surface area contributed by atoms with Gasteiger partial charge in [-0.25, -0.2) is 0 Å². The molecule has 2 bridgehead atoms. The van der Waals surface area contributed by atoms with Gasteiger partial charge in [0.25, 0.3) is 0 Å². The van der Waals surface area contributed by atoms with Crippen molar-refractivity contribution in [2.75, 3.05) is 27.2 Å². The molecule has 19 heavy (non-hydrogen) atoms. The van der Waals surface area contributed by atoms with E-state index in [0.29, 0.717) is 11.7 Å². The molecule has 0 radical (unpaired) electrons. The number of carbonyl (C=O) groups is 1. The minimum absolute atomic E-state index is 0.236. The molecule has 0 aromatic rings. The SMILES string of the molecule is CC.CCC.CN(C)/C=C1\C(=O)C2CCC1CNC2. The first-order chi connectivity index (χ1) is 9.10. The van der Waals surface area contributed by atoms with Gasteiger partial charge in [-0.3, -0.25) is 4.79 Å². The number of hydrogen-bond donors (Lipinski definition) is 1. The molecular weight excluding hydrogens is 236 g/mol. The molecular formula is C16H32N2O. The maximum atomic E-state index is 12.0. The topological polar surface area (TPSA) is 32.3 Å². The van der Waals surface area contributed by atoms with E-state index in [1.807, 2.05) is 39.0 Å². The highest BCUT2D eigenvalue weighted by Gasteiger charge is 2.35. The maximum Gasteiger partial charge on any atom is 0.164 e. The quantitative estimate of drug-likeness (QED) is 0.742. The molecule has 1 saturated carbocycles. The molecule has 3 heteroatoms. The fourth-order valence-electron chi connectivity index (χ4n) is 2.41. The average Bonchev–Trinajstić information content (AvgIpc) is 2.69. The summed E-state index contributed by atoms with van der Waals surface area (Å²) >= 11 is 0. The lowest BCUT2D eigenvalue weighted by Gasteiger charge is -2.25. The van der Waals surface area contributed by atoms with Gasteiger partial charge in [-0.2, -0.15) is 0 Å². The zero-order valence-electron chi connectivity index (χ0n) is 13.6. The number of hydrogen-bond acceptors (Lipinski definition) is 3. The number of Topliss-reactive ketones (excluding diaryl/α,β-unsaturated/α-hetero) is 1. The number of ketones is 1. The number of nitrogens with zero attached hydrogens (tertiary/aromatic N) is 1. The molecule has 0 amide bonds. The summed E-state index contributed by atoms with van der Waals surface area (Å²) in [5, 5.41) is 3.36. The Morgan fingerprint density at radius 3 is 2.16 bits per heavy atom. The van der Waals surface area contributed by atoms with Crippen LogP contribution in [0.5, 0.6) is 0 Å². The Morgan fingerprint density at radius 1 is 1.16 bits per heavy atom. The first-order valence-corrected chi connectivity index (χ1v) is 7.73. The lowest BCUT2D eigenvalue weighted by atomic mass is 9.79. The van der Waals surface area contributed by atoms with Crippen molar-refractivity contribution in [2.24, 2.45) is 11.8 Å². The van der Waals surface area contributed by atoms with Crippen molar-refractivity contribution < 1.29 is 4.79 Å². The molecule has 3 nitrogen and oxygen atoms in total. The van der Waals surface area contributed by atoms with Gasteiger partial charge < -0.3 is 10.2 Å². The molecule has 0 spiro atoms. The van der Waals surface area contributed by atoms with Crippen molar-refractivity contribution in [2.45, 2.75) is 47.0 Å². The summed E-state index contributed by atoms with van der Waals surface area (Å²) in [7, 11) is 3.96. The van der Waals surface area contributed by atoms with Crippen molar-refractivity contribution >= 4 is 5.78 Å². The van der Waals surface area contributed by atoms with Crippen LogP contribution in [-0.4, -0.2) is 37.9 Å². The third-order valence-corrected chi connectivity index (χ3v) is 3.14. The normalized spacial score (nSPS) is 26.8. The number of rotatable bonds is 1. The van der Waals surface area contributed by atoms with Gasteiger partial charge in [0.15, 0.2) is 5.78 Å². The smallest absolute Gasteiger partial charge is 0.164 e. The van der Waals surface area contributed by atoms with Crippen LogP contribution in [-0.2, 0) is 4.79 Å². The molecule has 3 aliphatic rings. The van der Waals surface area contributed by atoms with Crippen molar-refractivity contribution in [3.63, 3.8) is 0 Å². The Morgan fingerprint density at radius 2 is 1.63 bits per heavy atom. The predicted molar refractivity (Wildman–Crippen MR) is 83.2 cm³/mol. The van der Waals surface area contributed by atoms with E-state index in [-0.39, 0.29) is 5.92 Å². The molecule has 0 aromatic carbocycles. The largest absolute Gasteiger partial charge is 0.383 e. The first-order valence-electron chi connectivity index (χ1n) is 7.73. The van der Waals surface area contributed by atoms with Crippen LogP contribution in [0, 0.1) is 11.8 Å². The third kappa shape index (κ3) is 5.77. The molecule has 3 rings (SSSR count). The molecule has 0 aromatic heterocycles. The van der Waals surface area contributed by atoms with Crippen molar-refractivity contribution in [1.82, 2.24) is 10.2 Å². The lowest BCUT2D eigenvalue weighted by molar-refractivity contribution is -0.120. The monoisotopic (exact) mass is 268 g/mol. The summed E-state index contributed by atoms with van der Waals surface area (Å²) < 4.78 is 0. The second-order valence-electron chi connectivity index (χ2n) is 5.25. The highest BCUT2D eigenvalue weighted by atomic mass is 16.1. The fraction of sp³-hybridized carbons (Fsp3) is 0.812. The van der Waals surface area contributed by atoms with Gasteiger partial charge in [-0.15, -0.1) is 0 Å². The summed E-state index contributed by atoms with van der Waals surface area (Å²) in [4.78, 5) is 14.0. The van der Waals surface area contributed by atoms with Crippen molar-refractivity contribution in [3.8, 4) is 0 Å². The first kappa shape index (κ1) is 18.2. The maximum absolute atomic E-state index is 12.0. The predicted octanol–water partition coefficient (Wildman–Crippen LogP) is 3.07. The van der Waals surface area contributed by atoms with Crippen LogP contribution in [0.4, 0.5) is 0 Å². The van der Waals surface area contributed by atoms with Gasteiger partial charge in [-0.1, -0.05) is 34.1 Å². The van der Waals surface area contributed by atoms with Gasteiger partial charge in [0.2, 0.25) is 0 Å². The highest BCUT2D eigenvalue weighted by Crippen LogP contribution is 2.32. The van der Waals surface area contributed by atoms with E-state index in [1.54, 1.807) is 0 Å². The molecule has 2 atom stereocenters. The molecule has 2 unspecified atom stereocenters. The average molecular weight is 268 g/mol. The second kappa shape index (κ2) is 10.0. The van der Waals surface area contributed by atoms with E-state index in [4.69, 9.17) is 0 Å². The molecule has 1 N–H and O–H groups in total. The minimum Gasteiger partial charge on any atom is -0.383 e. The van der Waals surface area contributed by atoms with Crippen LogP contribution in [0.25, 0.3) is 0 Å². The van der Waals surface area contributed by atoms with E-state index in [9.17, 15) is 4.79 Å². The van der Waals surface area contributed by atoms with Crippen LogP contribution in [0.2, 0.25) is 0 Å². The molecule has 112 valence electrons. The number of carbonyl (C=O) groups excluding carboxylic acids is 1. The second-order valence-corrected chi connectivity index (χ2v) is 5.25. The highest BCUT2D eigenvalue weighted by molar-refractivity contribution is 5.98. The molecule has 3 fully saturated rings. The molecule has 2 heterocycles. The van der Waals surface area contributed by atoms with E-state index in [1.165, 1.54) is 12.8 Å². The number of fused-ring (bicyclic) bond motifs is 4. The standard InChI is InChI=1S/C11H18N2O.C3H8.C2H6/c1-13(2)7-10-8-3-4-9(11(10)14)6-12-5-8;1-3-2;1-2/h7-9,12H,3-6H2,1-2H3;3H2,1-2H3;1-2H3/b10-7-;;. The van der Waals surface area contributed by atoms with Gasteiger partial charge in [-0.05, 0) is 12.8 Å². The van der Waals surface area contributed by atoms with Crippen LogP contribution in [0.1, 0.15) is 47.0 Å². The van der Waals surface area contributed by atoms with Gasteiger partial charge in [0.1, 0.15) is 0 Å². The number of nitrogens with one attached hydrogen (secondary N) is 1. The lowest BCUT2D eigenvalue weighted by Crippen LogP contribution is -2.28. The zero-order valence-corrected chi connectivity index (χ0v) is 13.6. The molecule has 2 saturated heterocycles. The Kier molecular flexibility index (Phi) is 9.58. The van der Waals surface area contributed by atoms with E-state index in [0.717, 1.165) is 25.1 Å². The fourth-order valence-corrected chi connectivity index (χ4v) is 2.41. The Hall–Kier alpha value is -0.830. The molecule has 1 aliphatic carbocycles. The molecule has 2 aliphatic heterocycles. The van der Waals surface area contributed by atoms with Crippen molar-refractivity contribution in [3.05, 3.63) is 11.8 Å². The van der Waals surface area contributed by atoms with E-state index in [2.05, 4.69) is 19.2 Å². The van der Waals surface area contributed by atoms with E-state index >= 15 is 0 Å². The summed E-state index contributed by atoms with van der Waals surface area (Å²) in [5.41, 5.74) is 1.04. The Labute approximate surface area is 119 Å². The summed E-state index contributed by atoms with van der Waals surface area (Å²) in [5.74, 6) is 1.06. The third-order valence-electron chi connectivity index (χ3n) is 3.14. The Bertz CT molecular complexity index is 280.